The van der Waals surface area contributed by atoms with Gasteiger partial charge in [0.25, 0.3) is 0 Å². The fourth-order valence-electron chi connectivity index (χ4n) is 2.64. The summed E-state index contributed by atoms with van der Waals surface area (Å²) in [5, 5.41) is 10.4. The highest BCUT2D eigenvalue weighted by molar-refractivity contribution is 5.78. The second-order valence-corrected chi connectivity index (χ2v) is 5.62. The number of carbonyl (C=O) groups excluding carboxylic acids is 1. The van der Waals surface area contributed by atoms with Crippen LogP contribution in [0, 0.1) is 5.92 Å². The van der Waals surface area contributed by atoms with Crippen molar-refractivity contribution in [2.24, 2.45) is 13.0 Å². The van der Waals surface area contributed by atoms with Gasteiger partial charge in [-0.05, 0) is 19.9 Å². The van der Waals surface area contributed by atoms with Gasteiger partial charge in [-0.15, -0.1) is 0 Å². The molecule has 1 aromatic rings. The molecule has 2 unspecified atom stereocenters. The molecule has 6 nitrogen and oxygen atoms in total. The number of rotatable bonds is 5. The Morgan fingerprint density at radius 2 is 2.40 bits per heavy atom. The van der Waals surface area contributed by atoms with Gasteiger partial charge in [0.05, 0.1) is 11.9 Å². The van der Waals surface area contributed by atoms with E-state index in [9.17, 15) is 4.79 Å². The summed E-state index contributed by atoms with van der Waals surface area (Å²) < 4.78 is 1.81. The first-order valence-corrected chi connectivity index (χ1v) is 7.28. The normalized spacial score (nSPS) is 20.8. The van der Waals surface area contributed by atoms with Crippen LogP contribution in [0.1, 0.15) is 19.8 Å². The number of piperidine rings is 1. The Labute approximate surface area is 120 Å². The SMILES string of the molecule is CNCC(C)C(=O)NC1CCCN(c2cnn(C)c2)C1. The molecule has 1 aliphatic heterocycles. The number of carbonyl (C=O) groups is 1. The molecule has 0 bridgehead atoms. The van der Waals surface area contributed by atoms with Crippen LogP contribution in [-0.4, -0.2) is 48.4 Å². The minimum absolute atomic E-state index is 0.00812. The first-order valence-electron chi connectivity index (χ1n) is 7.28. The van der Waals surface area contributed by atoms with E-state index in [1.807, 2.05) is 38.1 Å². The van der Waals surface area contributed by atoms with Crippen molar-refractivity contribution < 1.29 is 4.79 Å². The zero-order valence-electron chi connectivity index (χ0n) is 12.6. The monoisotopic (exact) mass is 279 g/mol. The zero-order chi connectivity index (χ0) is 14.5. The minimum Gasteiger partial charge on any atom is -0.367 e. The molecule has 1 amide bonds. The zero-order valence-corrected chi connectivity index (χ0v) is 12.6. The molecule has 6 heteroatoms. The van der Waals surface area contributed by atoms with Crippen molar-refractivity contribution in [2.75, 3.05) is 31.6 Å². The Morgan fingerprint density at radius 3 is 3.05 bits per heavy atom. The van der Waals surface area contributed by atoms with Crippen molar-refractivity contribution in [3.8, 4) is 0 Å². The lowest BCUT2D eigenvalue weighted by atomic mass is 10.0. The standard InChI is InChI=1S/C14H25N5O/c1-11(7-15-2)14(20)17-12-5-4-6-19(9-12)13-8-16-18(3)10-13/h8,10-12,15H,4-7,9H2,1-3H3,(H,17,20). The highest BCUT2D eigenvalue weighted by Crippen LogP contribution is 2.19. The molecule has 112 valence electrons. The summed E-state index contributed by atoms with van der Waals surface area (Å²) in [5.74, 6) is 0.145. The lowest BCUT2D eigenvalue weighted by Crippen LogP contribution is -2.49. The summed E-state index contributed by atoms with van der Waals surface area (Å²) in [6.45, 7) is 4.56. The molecule has 1 aromatic heterocycles. The topological polar surface area (TPSA) is 62.2 Å². The molecule has 2 heterocycles. The third-order valence-corrected chi connectivity index (χ3v) is 3.78. The van der Waals surface area contributed by atoms with Crippen LogP contribution in [0.15, 0.2) is 12.4 Å². The van der Waals surface area contributed by atoms with E-state index in [1.54, 1.807) is 0 Å². The fraction of sp³-hybridized carbons (Fsp3) is 0.714. The molecular weight excluding hydrogens is 254 g/mol. The molecule has 0 aliphatic carbocycles. The van der Waals surface area contributed by atoms with Gasteiger partial charge in [0, 0.05) is 44.8 Å². The molecule has 2 atom stereocenters. The highest BCUT2D eigenvalue weighted by atomic mass is 16.1. The number of hydrogen-bond donors (Lipinski definition) is 2. The Hall–Kier alpha value is -1.56. The largest absolute Gasteiger partial charge is 0.367 e. The van der Waals surface area contributed by atoms with Gasteiger partial charge in [0.1, 0.15) is 0 Å². The van der Waals surface area contributed by atoms with Crippen LogP contribution in [-0.2, 0) is 11.8 Å². The van der Waals surface area contributed by atoms with E-state index in [-0.39, 0.29) is 17.9 Å². The van der Waals surface area contributed by atoms with Gasteiger partial charge in [0.15, 0.2) is 0 Å². The Bertz CT molecular complexity index is 445. The number of nitrogens with zero attached hydrogens (tertiary/aromatic N) is 3. The summed E-state index contributed by atoms with van der Waals surface area (Å²) in [7, 11) is 3.79. The van der Waals surface area contributed by atoms with E-state index in [4.69, 9.17) is 0 Å². The number of aromatic nitrogens is 2. The van der Waals surface area contributed by atoms with E-state index in [2.05, 4.69) is 20.6 Å². The number of nitrogens with one attached hydrogen (secondary N) is 2. The van der Waals surface area contributed by atoms with Crippen LogP contribution < -0.4 is 15.5 Å². The first-order chi connectivity index (χ1) is 9.60. The number of amides is 1. The molecule has 0 radical (unpaired) electrons. The Balaban J connectivity index is 1.89. The van der Waals surface area contributed by atoms with Gasteiger partial charge in [-0.25, -0.2) is 0 Å². The molecular formula is C14H25N5O. The molecule has 2 rings (SSSR count). The third-order valence-electron chi connectivity index (χ3n) is 3.78. The van der Waals surface area contributed by atoms with E-state index in [1.165, 1.54) is 0 Å². The van der Waals surface area contributed by atoms with Gasteiger partial charge in [-0.3, -0.25) is 9.48 Å². The van der Waals surface area contributed by atoms with Crippen molar-refractivity contribution in [3.05, 3.63) is 12.4 Å². The summed E-state index contributed by atoms with van der Waals surface area (Å²) in [6, 6.07) is 0.232. The average Bonchev–Trinajstić information content (AvgIpc) is 2.86. The van der Waals surface area contributed by atoms with E-state index in [0.29, 0.717) is 6.54 Å². The molecule has 0 aromatic carbocycles. The molecule has 1 fully saturated rings. The van der Waals surface area contributed by atoms with Crippen molar-refractivity contribution in [1.29, 1.82) is 0 Å². The highest BCUT2D eigenvalue weighted by Gasteiger charge is 2.23. The lowest BCUT2D eigenvalue weighted by molar-refractivity contribution is -0.125. The van der Waals surface area contributed by atoms with E-state index < -0.39 is 0 Å². The second-order valence-electron chi connectivity index (χ2n) is 5.62. The van der Waals surface area contributed by atoms with Gasteiger partial charge in [0.2, 0.25) is 5.91 Å². The fourth-order valence-corrected chi connectivity index (χ4v) is 2.64. The third kappa shape index (κ3) is 3.72. The maximum atomic E-state index is 12.1. The van der Waals surface area contributed by atoms with Crippen LogP contribution in [0.5, 0.6) is 0 Å². The van der Waals surface area contributed by atoms with Crippen LogP contribution in [0.4, 0.5) is 5.69 Å². The number of hydrogen-bond acceptors (Lipinski definition) is 4. The van der Waals surface area contributed by atoms with Crippen molar-refractivity contribution in [3.63, 3.8) is 0 Å². The predicted octanol–water partition coefficient (Wildman–Crippen LogP) is 0.361. The molecule has 0 saturated carbocycles. The van der Waals surface area contributed by atoms with Crippen LogP contribution in [0.2, 0.25) is 0 Å². The summed E-state index contributed by atoms with van der Waals surface area (Å²) >= 11 is 0. The van der Waals surface area contributed by atoms with Crippen molar-refractivity contribution in [2.45, 2.75) is 25.8 Å². The number of aryl methyl sites for hydroxylation is 1. The Kier molecular flexibility index (Phi) is 5.00. The van der Waals surface area contributed by atoms with Gasteiger partial charge >= 0.3 is 0 Å². The molecule has 2 N–H and O–H groups in total. The Morgan fingerprint density at radius 1 is 1.60 bits per heavy atom. The van der Waals surface area contributed by atoms with Crippen molar-refractivity contribution >= 4 is 11.6 Å². The van der Waals surface area contributed by atoms with Crippen LogP contribution in [0.25, 0.3) is 0 Å². The molecule has 1 aliphatic rings. The van der Waals surface area contributed by atoms with Gasteiger partial charge < -0.3 is 15.5 Å². The molecule has 1 saturated heterocycles. The summed E-state index contributed by atoms with van der Waals surface area (Å²) in [6.07, 6.45) is 6.05. The average molecular weight is 279 g/mol. The number of anilines is 1. The van der Waals surface area contributed by atoms with Crippen LogP contribution in [0.3, 0.4) is 0 Å². The maximum absolute atomic E-state index is 12.1. The second kappa shape index (κ2) is 6.74. The van der Waals surface area contributed by atoms with Crippen molar-refractivity contribution in [1.82, 2.24) is 20.4 Å². The molecule has 0 spiro atoms. The maximum Gasteiger partial charge on any atom is 0.224 e. The summed E-state index contributed by atoms with van der Waals surface area (Å²) in [4.78, 5) is 14.4. The molecule has 20 heavy (non-hydrogen) atoms. The van der Waals surface area contributed by atoms with Gasteiger partial charge in [-0.2, -0.15) is 5.10 Å². The lowest BCUT2D eigenvalue weighted by Gasteiger charge is -2.34. The minimum atomic E-state index is 0.00812. The first kappa shape index (κ1) is 14.8. The van der Waals surface area contributed by atoms with Gasteiger partial charge in [-0.1, -0.05) is 6.92 Å². The smallest absolute Gasteiger partial charge is 0.224 e. The quantitative estimate of drug-likeness (QED) is 0.817. The predicted molar refractivity (Wildman–Crippen MR) is 79.7 cm³/mol. The van der Waals surface area contributed by atoms with Crippen LogP contribution >= 0.6 is 0 Å². The summed E-state index contributed by atoms with van der Waals surface area (Å²) in [5.41, 5.74) is 1.13. The van der Waals surface area contributed by atoms with E-state index >= 15 is 0 Å². The van der Waals surface area contributed by atoms with E-state index in [0.717, 1.165) is 31.6 Å².